The quantitative estimate of drug-likeness (QED) is 0.662. The van der Waals surface area contributed by atoms with Crippen LogP contribution in [0.5, 0.6) is 0 Å². The van der Waals surface area contributed by atoms with Crippen LogP contribution in [0.3, 0.4) is 0 Å². The molecule has 1 saturated carbocycles. The zero-order chi connectivity index (χ0) is 15.7. The zero-order valence-corrected chi connectivity index (χ0v) is 14.3. The number of aryl methyl sites for hydroxylation is 1. The molecule has 1 nitrogen and oxygen atoms in total. The molecule has 0 amide bonds. The highest BCUT2D eigenvalue weighted by molar-refractivity contribution is 6.31. The smallest absolute Gasteiger partial charge is 0.0435 e. The number of likely N-dealkylation sites (tertiary alicyclic amines) is 1. The highest BCUT2D eigenvalue weighted by Gasteiger charge is 2.34. The fourth-order valence-electron chi connectivity index (χ4n) is 3.74. The van der Waals surface area contributed by atoms with Gasteiger partial charge in [0.15, 0.2) is 0 Å². The predicted octanol–water partition coefficient (Wildman–Crippen LogP) is 5.35. The van der Waals surface area contributed by atoms with Crippen molar-refractivity contribution in [3.63, 3.8) is 0 Å². The van der Waals surface area contributed by atoms with Crippen LogP contribution in [0.2, 0.25) is 5.02 Å². The maximum atomic E-state index is 6.17. The van der Waals surface area contributed by atoms with E-state index in [-0.39, 0.29) is 0 Å². The van der Waals surface area contributed by atoms with Gasteiger partial charge in [0.25, 0.3) is 0 Å². The number of rotatable bonds is 5. The summed E-state index contributed by atoms with van der Waals surface area (Å²) in [6.45, 7) is 12.6. The minimum atomic E-state index is 0.626. The Morgan fingerprint density at radius 2 is 2.18 bits per heavy atom. The molecule has 2 fully saturated rings. The molecule has 3 unspecified atom stereocenters. The summed E-state index contributed by atoms with van der Waals surface area (Å²) in [4.78, 5) is 2.67. The van der Waals surface area contributed by atoms with E-state index in [0.717, 1.165) is 17.4 Å². The third-order valence-electron chi connectivity index (χ3n) is 5.31. The molecular weight excluding hydrogens is 290 g/mol. The van der Waals surface area contributed by atoms with Crippen LogP contribution in [0, 0.1) is 12.8 Å². The van der Waals surface area contributed by atoms with Crippen molar-refractivity contribution in [1.82, 2.24) is 4.90 Å². The van der Waals surface area contributed by atoms with Gasteiger partial charge in [0.1, 0.15) is 0 Å². The number of hydrogen-bond acceptors (Lipinski definition) is 1. The Kier molecular flexibility index (Phi) is 4.75. The number of hydrogen-bond donors (Lipinski definition) is 0. The molecule has 0 aromatic heterocycles. The van der Waals surface area contributed by atoms with Gasteiger partial charge in [-0.15, -0.1) is 6.58 Å². The van der Waals surface area contributed by atoms with E-state index in [1.54, 1.807) is 0 Å². The third kappa shape index (κ3) is 3.47. The first-order valence-electron chi connectivity index (χ1n) is 8.37. The SMILES string of the molecule is C=CCC1CC(c2ccc(Cl)c(C)c2)CCN1CC1CC1=C. The lowest BCUT2D eigenvalue weighted by Gasteiger charge is -2.39. The minimum absolute atomic E-state index is 0.626. The Morgan fingerprint density at radius 3 is 2.82 bits per heavy atom. The number of benzene rings is 1. The number of halogens is 1. The van der Waals surface area contributed by atoms with Gasteiger partial charge in [-0.05, 0) is 68.2 Å². The first kappa shape index (κ1) is 15.8. The fraction of sp³-hybridized carbons (Fsp3) is 0.500. The number of piperidine rings is 1. The van der Waals surface area contributed by atoms with E-state index in [0.29, 0.717) is 12.0 Å². The molecule has 1 aliphatic carbocycles. The summed E-state index contributed by atoms with van der Waals surface area (Å²) in [7, 11) is 0. The summed E-state index contributed by atoms with van der Waals surface area (Å²) in [5.74, 6) is 1.40. The molecule has 0 bridgehead atoms. The lowest BCUT2D eigenvalue weighted by Crippen LogP contribution is -2.42. The highest BCUT2D eigenvalue weighted by Crippen LogP contribution is 2.40. The summed E-state index contributed by atoms with van der Waals surface area (Å²) in [5.41, 5.74) is 4.08. The first-order valence-corrected chi connectivity index (χ1v) is 8.75. The zero-order valence-electron chi connectivity index (χ0n) is 13.5. The maximum Gasteiger partial charge on any atom is 0.0435 e. The van der Waals surface area contributed by atoms with Gasteiger partial charge in [-0.25, -0.2) is 0 Å². The molecule has 22 heavy (non-hydrogen) atoms. The van der Waals surface area contributed by atoms with Gasteiger partial charge in [-0.1, -0.05) is 42.0 Å². The van der Waals surface area contributed by atoms with E-state index in [9.17, 15) is 0 Å². The molecular formula is C20H26ClN. The van der Waals surface area contributed by atoms with Crippen molar-refractivity contribution in [1.29, 1.82) is 0 Å². The molecule has 1 aromatic carbocycles. The average molecular weight is 316 g/mol. The normalized spacial score (nSPS) is 28.6. The van der Waals surface area contributed by atoms with E-state index in [1.165, 1.54) is 49.1 Å². The van der Waals surface area contributed by atoms with Crippen LogP contribution >= 0.6 is 11.6 Å². The largest absolute Gasteiger partial charge is 0.299 e. The van der Waals surface area contributed by atoms with Crippen molar-refractivity contribution in [3.05, 3.63) is 59.2 Å². The van der Waals surface area contributed by atoms with Crippen molar-refractivity contribution in [3.8, 4) is 0 Å². The van der Waals surface area contributed by atoms with Gasteiger partial charge >= 0.3 is 0 Å². The summed E-state index contributed by atoms with van der Waals surface area (Å²) < 4.78 is 0. The van der Waals surface area contributed by atoms with Gasteiger partial charge < -0.3 is 0 Å². The second-order valence-electron chi connectivity index (χ2n) is 6.96. The molecule has 3 rings (SSSR count). The lowest BCUT2D eigenvalue weighted by molar-refractivity contribution is 0.131. The van der Waals surface area contributed by atoms with Gasteiger partial charge in [0, 0.05) is 17.6 Å². The molecule has 1 saturated heterocycles. The predicted molar refractivity (Wildman–Crippen MR) is 95.6 cm³/mol. The molecule has 3 atom stereocenters. The monoisotopic (exact) mass is 315 g/mol. The Bertz CT molecular complexity index is 577. The Hall–Kier alpha value is -1.05. The molecule has 1 aliphatic heterocycles. The number of nitrogens with zero attached hydrogens (tertiary/aromatic N) is 1. The summed E-state index contributed by atoms with van der Waals surface area (Å²) in [5, 5.41) is 0.871. The summed E-state index contributed by atoms with van der Waals surface area (Å²) in [6, 6.07) is 7.16. The molecule has 2 aliphatic rings. The topological polar surface area (TPSA) is 3.24 Å². The van der Waals surface area contributed by atoms with E-state index < -0.39 is 0 Å². The third-order valence-corrected chi connectivity index (χ3v) is 5.73. The molecule has 2 heteroatoms. The second-order valence-corrected chi connectivity index (χ2v) is 7.37. The van der Waals surface area contributed by atoms with Crippen molar-refractivity contribution >= 4 is 11.6 Å². The standard InChI is InChI=1S/C20H26ClN/c1-4-5-19-12-17(16-6-7-20(21)15(3)11-16)8-9-22(19)13-18-10-14(18)2/h4,6-7,11,17-19H,1-2,5,8-10,12-13H2,3H3. The molecule has 0 spiro atoms. The Labute approximate surface area is 139 Å². The van der Waals surface area contributed by atoms with Crippen LogP contribution in [0.25, 0.3) is 0 Å². The minimum Gasteiger partial charge on any atom is -0.299 e. The summed E-state index contributed by atoms with van der Waals surface area (Å²) >= 11 is 6.17. The van der Waals surface area contributed by atoms with Crippen LogP contribution in [-0.4, -0.2) is 24.0 Å². The lowest BCUT2D eigenvalue weighted by atomic mass is 9.83. The van der Waals surface area contributed by atoms with Crippen LogP contribution in [0.4, 0.5) is 0 Å². The van der Waals surface area contributed by atoms with Crippen LogP contribution in [-0.2, 0) is 0 Å². The van der Waals surface area contributed by atoms with Crippen molar-refractivity contribution < 1.29 is 0 Å². The van der Waals surface area contributed by atoms with Crippen molar-refractivity contribution in [2.75, 3.05) is 13.1 Å². The van der Waals surface area contributed by atoms with E-state index in [1.807, 2.05) is 0 Å². The van der Waals surface area contributed by atoms with E-state index in [2.05, 4.69) is 49.3 Å². The molecule has 118 valence electrons. The van der Waals surface area contributed by atoms with Crippen LogP contribution < -0.4 is 0 Å². The van der Waals surface area contributed by atoms with Gasteiger partial charge in [-0.3, -0.25) is 4.90 Å². The molecule has 1 aromatic rings. The first-order chi connectivity index (χ1) is 10.6. The van der Waals surface area contributed by atoms with Gasteiger partial charge in [0.2, 0.25) is 0 Å². The Balaban J connectivity index is 1.69. The fourth-order valence-corrected chi connectivity index (χ4v) is 3.85. The Morgan fingerprint density at radius 1 is 1.41 bits per heavy atom. The molecule has 0 N–H and O–H groups in total. The maximum absolute atomic E-state index is 6.17. The van der Waals surface area contributed by atoms with Gasteiger partial charge in [-0.2, -0.15) is 0 Å². The highest BCUT2D eigenvalue weighted by atomic mass is 35.5. The molecule has 1 heterocycles. The average Bonchev–Trinajstić information content (AvgIpc) is 3.19. The van der Waals surface area contributed by atoms with Gasteiger partial charge in [0.05, 0.1) is 0 Å². The van der Waals surface area contributed by atoms with Crippen LogP contribution in [0.15, 0.2) is 43.0 Å². The second kappa shape index (κ2) is 6.60. The molecule has 0 radical (unpaired) electrons. The summed E-state index contributed by atoms with van der Waals surface area (Å²) in [6.07, 6.45) is 6.87. The van der Waals surface area contributed by atoms with E-state index >= 15 is 0 Å². The van der Waals surface area contributed by atoms with Crippen molar-refractivity contribution in [2.24, 2.45) is 5.92 Å². The van der Waals surface area contributed by atoms with E-state index in [4.69, 9.17) is 11.6 Å². The van der Waals surface area contributed by atoms with Crippen molar-refractivity contribution in [2.45, 2.75) is 44.6 Å². The van der Waals surface area contributed by atoms with Crippen LogP contribution in [0.1, 0.15) is 42.7 Å².